The zero-order chi connectivity index (χ0) is 14.0. The smallest absolute Gasteiger partial charge is 0.255 e. The Bertz CT molecular complexity index is 493. The van der Waals surface area contributed by atoms with Crippen molar-refractivity contribution in [3.63, 3.8) is 0 Å². The van der Waals surface area contributed by atoms with Gasteiger partial charge in [-0.3, -0.25) is 4.79 Å². The van der Waals surface area contributed by atoms with Gasteiger partial charge in [-0.15, -0.1) is 0 Å². The lowest BCUT2D eigenvalue weighted by Gasteiger charge is -2.27. The molecular weight excluding hydrogens is 311 g/mol. The number of carbonyl (C=O) groups excluding carboxylic acids is 1. The topological polar surface area (TPSA) is 46.3 Å². The number of nitrogens with two attached hydrogens (primary N) is 1. The van der Waals surface area contributed by atoms with E-state index < -0.39 is 5.82 Å². The fraction of sp³-hybridized carbons (Fsp3) is 0.500. The van der Waals surface area contributed by atoms with Crippen LogP contribution in [0.15, 0.2) is 16.6 Å². The Morgan fingerprint density at radius 3 is 2.89 bits per heavy atom. The molecule has 0 bridgehead atoms. The quantitative estimate of drug-likeness (QED) is 0.801. The first-order valence-electron chi connectivity index (χ1n) is 6.56. The summed E-state index contributed by atoms with van der Waals surface area (Å²) in [5.74, 6) is -0.583. The Labute approximate surface area is 121 Å². The molecule has 1 amide bonds. The molecule has 0 saturated carbocycles. The molecule has 1 aromatic rings. The average Bonchev–Trinajstić information content (AvgIpc) is 2.58. The number of carbonyl (C=O) groups is 1. The van der Waals surface area contributed by atoms with Gasteiger partial charge < -0.3 is 10.6 Å². The minimum absolute atomic E-state index is 0.00836. The first-order valence-corrected chi connectivity index (χ1v) is 7.35. The normalized spacial score (nSPS) is 20.2. The molecule has 2 rings (SSSR count). The fourth-order valence-electron chi connectivity index (χ4n) is 2.46. The molecule has 1 heterocycles. The van der Waals surface area contributed by atoms with Crippen LogP contribution in [0, 0.1) is 5.82 Å². The SMILES string of the molecule is CC1CCCCCN1C(=O)c1cc(N)c(F)cc1Br. The summed E-state index contributed by atoms with van der Waals surface area (Å²) in [6, 6.07) is 2.89. The lowest BCUT2D eigenvalue weighted by atomic mass is 10.1. The molecule has 1 saturated heterocycles. The van der Waals surface area contributed by atoms with E-state index in [2.05, 4.69) is 22.9 Å². The number of nitrogen functional groups attached to an aromatic ring is 1. The standard InChI is InChI=1S/C14H18BrFN2O/c1-9-5-3-2-4-6-18(9)14(19)10-7-13(17)12(16)8-11(10)15/h7-9H,2-6,17H2,1H3. The first kappa shape index (κ1) is 14.3. The van der Waals surface area contributed by atoms with Gasteiger partial charge in [-0.1, -0.05) is 12.8 Å². The zero-order valence-electron chi connectivity index (χ0n) is 11.0. The summed E-state index contributed by atoms with van der Waals surface area (Å²) in [7, 11) is 0. The van der Waals surface area contributed by atoms with Crippen LogP contribution in [0.1, 0.15) is 43.0 Å². The van der Waals surface area contributed by atoms with Crippen LogP contribution in [0.5, 0.6) is 0 Å². The van der Waals surface area contributed by atoms with E-state index in [1.54, 1.807) is 0 Å². The van der Waals surface area contributed by atoms with E-state index in [0.717, 1.165) is 32.2 Å². The summed E-state index contributed by atoms with van der Waals surface area (Å²) in [5, 5.41) is 0. The zero-order valence-corrected chi connectivity index (χ0v) is 12.5. The molecule has 104 valence electrons. The van der Waals surface area contributed by atoms with E-state index in [0.29, 0.717) is 10.0 Å². The van der Waals surface area contributed by atoms with Crippen molar-refractivity contribution in [2.45, 2.75) is 38.6 Å². The maximum Gasteiger partial charge on any atom is 0.255 e. The van der Waals surface area contributed by atoms with Crippen LogP contribution in [0.25, 0.3) is 0 Å². The third kappa shape index (κ3) is 3.08. The number of rotatable bonds is 1. The maximum absolute atomic E-state index is 13.3. The molecule has 2 N–H and O–H groups in total. The van der Waals surface area contributed by atoms with E-state index in [1.807, 2.05) is 4.90 Å². The summed E-state index contributed by atoms with van der Waals surface area (Å²) in [6.45, 7) is 2.81. The Hall–Kier alpha value is -1.10. The predicted molar refractivity (Wildman–Crippen MR) is 77.5 cm³/mol. The molecule has 0 spiro atoms. The highest BCUT2D eigenvalue weighted by molar-refractivity contribution is 9.10. The molecule has 0 radical (unpaired) electrons. The van der Waals surface area contributed by atoms with Crippen molar-refractivity contribution in [3.05, 3.63) is 28.0 Å². The summed E-state index contributed by atoms with van der Waals surface area (Å²) in [4.78, 5) is 14.4. The number of nitrogens with zero attached hydrogens (tertiary/aromatic N) is 1. The number of likely N-dealkylation sites (tertiary alicyclic amines) is 1. The molecule has 1 unspecified atom stereocenters. The number of hydrogen-bond acceptors (Lipinski definition) is 2. The van der Waals surface area contributed by atoms with Gasteiger partial charge in [0, 0.05) is 17.1 Å². The van der Waals surface area contributed by atoms with Crippen molar-refractivity contribution < 1.29 is 9.18 Å². The van der Waals surface area contributed by atoms with Gasteiger partial charge in [0.2, 0.25) is 0 Å². The van der Waals surface area contributed by atoms with Crippen LogP contribution in [0.4, 0.5) is 10.1 Å². The number of anilines is 1. The number of hydrogen-bond donors (Lipinski definition) is 1. The second kappa shape index (κ2) is 5.90. The molecule has 0 aliphatic carbocycles. The number of amides is 1. The van der Waals surface area contributed by atoms with E-state index in [9.17, 15) is 9.18 Å². The Morgan fingerprint density at radius 1 is 1.42 bits per heavy atom. The van der Waals surface area contributed by atoms with Gasteiger partial charge >= 0.3 is 0 Å². The lowest BCUT2D eigenvalue weighted by Crippen LogP contribution is -2.38. The number of benzene rings is 1. The van der Waals surface area contributed by atoms with Crippen molar-refractivity contribution >= 4 is 27.5 Å². The monoisotopic (exact) mass is 328 g/mol. The van der Waals surface area contributed by atoms with Gasteiger partial charge in [-0.2, -0.15) is 0 Å². The van der Waals surface area contributed by atoms with Crippen LogP contribution in [0.3, 0.4) is 0 Å². The van der Waals surface area contributed by atoms with Crippen molar-refractivity contribution in [3.8, 4) is 0 Å². The maximum atomic E-state index is 13.3. The van der Waals surface area contributed by atoms with Crippen LogP contribution in [-0.4, -0.2) is 23.4 Å². The van der Waals surface area contributed by atoms with E-state index in [1.165, 1.54) is 12.1 Å². The van der Waals surface area contributed by atoms with Crippen molar-refractivity contribution in [2.75, 3.05) is 12.3 Å². The Kier molecular flexibility index (Phi) is 4.45. The molecule has 1 aliphatic rings. The summed E-state index contributed by atoms with van der Waals surface area (Å²) in [5.41, 5.74) is 6.00. The number of halogens is 2. The largest absolute Gasteiger partial charge is 0.396 e. The highest BCUT2D eigenvalue weighted by atomic mass is 79.9. The average molecular weight is 329 g/mol. The molecule has 1 aliphatic heterocycles. The van der Waals surface area contributed by atoms with Gasteiger partial charge in [0.15, 0.2) is 0 Å². The molecule has 3 nitrogen and oxygen atoms in total. The minimum Gasteiger partial charge on any atom is -0.396 e. The van der Waals surface area contributed by atoms with Crippen LogP contribution in [0.2, 0.25) is 0 Å². The van der Waals surface area contributed by atoms with Gasteiger partial charge in [0.25, 0.3) is 5.91 Å². The van der Waals surface area contributed by atoms with Crippen LogP contribution < -0.4 is 5.73 Å². The van der Waals surface area contributed by atoms with E-state index in [-0.39, 0.29) is 17.6 Å². The summed E-state index contributed by atoms with van der Waals surface area (Å²) >= 11 is 3.24. The molecule has 0 aromatic heterocycles. The Morgan fingerprint density at radius 2 is 2.16 bits per heavy atom. The van der Waals surface area contributed by atoms with Gasteiger partial charge in [-0.05, 0) is 47.8 Å². The van der Waals surface area contributed by atoms with Crippen LogP contribution >= 0.6 is 15.9 Å². The van der Waals surface area contributed by atoms with Crippen molar-refractivity contribution in [1.82, 2.24) is 4.90 Å². The molecule has 1 fully saturated rings. The highest BCUT2D eigenvalue weighted by Crippen LogP contribution is 2.26. The van der Waals surface area contributed by atoms with Crippen molar-refractivity contribution in [1.29, 1.82) is 0 Å². The third-order valence-corrected chi connectivity index (χ3v) is 4.29. The van der Waals surface area contributed by atoms with E-state index >= 15 is 0 Å². The molecular formula is C14H18BrFN2O. The second-order valence-corrected chi connectivity index (χ2v) is 5.90. The summed E-state index contributed by atoms with van der Waals surface area (Å²) in [6.07, 6.45) is 4.34. The summed E-state index contributed by atoms with van der Waals surface area (Å²) < 4.78 is 13.8. The highest BCUT2D eigenvalue weighted by Gasteiger charge is 2.25. The fourth-order valence-corrected chi connectivity index (χ4v) is 2.95. The Balaban J connectivity index is 2.30. The molecule has 1 atom stereocenters. The molecule has 5 heteroatoms. The second-order valence-electron chi connectivity index (χ2n) is 5.05. The predicted octanol–water partition coefficient (Wildman–Crippen LogP) is 3.58. The van der Waals surface area contributed by atoms with Gasteiger partial charge in [0.05, 0.1) is 11.3 Å². The third-order valence-electron chi connectivity index (χ3n) is 3.63. The molecule has 19 heavy (non-hydrogen) atoms. The van der Waals surface area contributed by atoms with Crippen LogP contribution in [-0.2, 0) is 0 Å². The van der Waals surface area contributed by atoms with Crippen molar-refractivity contribution in [2.24, 2.45) is 0 Å². The van der Waals surface area contributed by atoms with E-state index in [4.69, 9.17) is 5.73 Å². The first-order chi connectivity index (χ1) is 9.00. The lowest BCUT2D eigenvalue weighted by molar-refractivity contribution is 0.0697. The van der Waals surface area contributed by atoms with Gasteiger partial charge in [-0.25, -0.2) is 4.39 Å². The van der Waals surface area contributed by atoms with Gasteiger partial charge in [0.1, 0.15) is 5.82 Å². The molecule has 1 aromatic carbocycles. The minimum atomic E-state index is -0.507.